The van der Waals surface area contributed by atoms with E-state index in [4.69, 9.17) is 0 Å². The Morgan fingerprint density at radius 1 is 1.14 bits per heavy atom. The first kappa shape index (κ1) is 14.8. The average Bonchev–Trinajstić information content (AvgIpc) is 3.11. The molecule has 2 bridgehead atoms. The molecule has 0 aromatic heterocycles. The first-order valence-electron chi connectivity index (χ1n) is 8.28. The van der Waals surface area contributed by atoms with Crippen LogP contribution < -0.4 is 5.32 Å². The summed E-state index contributed by atoms with van der Waals surface area (Å²) in [7, 11) is 4.34. The van der Waals surface area contributed by atoms with Gasteiger partial charge < -0.3 is 10.2 Å². The number of likely N-dealkylation sites (N-methyl/N-ethyl adjacent to an activating group) is 1. The SMILES string of the molecule is CC(NCC(c1ccccc1)N(C)C)C1CC2C=CC1C2. The van der Waals surface area contributed by atoms with Crippen LogP contribution in [0.3, 0.4) is 0 Å². The summed E-state index contributed by atoms with van der Waals surface area (Å²) in [6.07, 6.45) is 7.66. The third-order valence-corrected chi connectivity index (χ3v) is 5.41. The van der Waals surface area contributed by atoms with Gasteiger partial charge in [-0.3, -0.25) is 0 Å². The lowest BCUT2D eigenvalue weighted by Gasteiger charge is -2.31. The van der Waals surface area contributed by atoms with Crippen LogP contribution in [0.15, 0.2) is 42.5 Å². The molecule has 1 fully saturated rings. The van der Waals surface area contributed by atoms with Gasteiger partial charge in [-0.1, -0.05) is 42.5 Å². The largest absolute Gasteiger partial charge is 0.312 e. The maximum Gasteiger partial charge on any atom is 0.0466 e. The molecular weight excluding hydrogens is 256 g/mol. The molecule has 2 aliphatic rings. The van der Waals surface area contributed by atoms with Crippen LogP contribution in [-0.2, 0) is 0 Å². The minimum Gasteiger partial charge on any atom is -0.312 e. The lowest BCUT2D eigenvalue weighted by molar-refractivity contribution is 0.255. The van der Waals surface area contributed by atoms with Gasteiger partial charge >= 0.3 is 0 Å². The van der Waals surface area contributed by atoms with E-state index in [-0.39, 0.29) is 0 Å². The summed E-state index contributed by atoms with van der Waals surface area (Å²) < 4.78 is 0. The van der Waals surface area contributed by atoms with E-state index in [0.717, 1.165) is 24.3 Å². The zero-order valence-electron chi connectivity index (χ0n) is 13.5. The fourth-order valence-electron chi connectivity index (χ4n) is 4.12. The highest BCUT2D eigenvalue weighted by Crippen LogP contribution is 2.44. The quantitative estimate of drug-likeness (QED) is 0.805. The second kappa shape index (κ2) is 6.33. The second-order valence-corrected chi connectivity index (χ2v) is 7.03. The molecule has 1 aromatic rings. The fourth-order valence-corrected chi connectivity index (χ4v) is 4.12. The number of fused-ring (bicyclic) bond motifs is 2. The molecule has 0 amide bonds. The van der Waals surface area contributed by atoms with Gasteiger partial charge in [0.1, 0.15) is 0 Å². The maximum atomic E-state index is 3.81. The third-order valence-electron chi connectivity index (χ3n) is 5.41. The van der Waals surface area contributed by atoms with Crippen LogP contribution in [0.5, 0.6) is 0 Å². The molecule has 114 valence electrons. The lowest BCUT2D eigenvalue weighted by atomic mass is 9.87. The van der Waals surface area contributed by atoms with Crippen molar-refractivity contribution in [2.24, 2.45) is 17.8 Å². The van der Waals surface area contributed by atoms with Crippen molar-refractivity contribution in [1.29, 1.82) is 0 Å². The number of hydrogen-bond acceptors (Lipinski definition) is 2. The van der Waals surface area contributed by atoms with Crippen molar-refractivity contribution in [2.75, 3.05) is 20.6 Å². The Bertz CT molecular complexity index is 480. The summed E-state index contributed by atoms with van der Waals surface area (Å²) in [5.74, 6) is 2.52. The first-order valence-corrected chi connectivity index (χ1v) is 8.28. The molecule has 2 nitrogen and oxygen atoms in total. The topological polar surface area (TPSA) is 15.3 Å². The number of nitrogens with one attached hydrogen (secondary N) is 1. The zero-order valence-corrected chi connectivity index (χ0v) is 13.5. The van der Waals surface area contributed by atoms with Gasteiger partial charge in [0.15, 0.2) is 0 Å². The predicted molar refractivity (Wildman–Crippen MR) is 89.2 cm³/mol. The molecule has 0 aliphatic heterocycles. The van der Waals surface area contributed by atoms with E-state index in [0.29, 0.717) is 12.1 Å². The Hall–Kier alpha value is -1.12. The molecule has 1 saturated carbocycles. The van der Waals surface area contributed by atoms with Crippen molar-refractivity contribution in [1.82, 2.24) is 10.2 Å². The summed E-state index contributed by atoms with van der Waals surface area (Å²) in [5.41, 5.74) is 1.40. The van der Waals surface area contributed by atoms with E-state index in [9.17, 15) is 0 Å². The Morgan fingerprint density at radius 2 is 1.90 bits per heavy atom. The van der Waals surface area contributed by atoms with Crippen molar-refractivity contribution in [3.63, 3.8) is 0 Å². The highest BCUT2D eigenvalue weighted by molar-refractivity contribution is 5.19. The summed E-state index contributed by atoms with van der Waals surface area (Å²) in [5, 5.41) is 3.81. The predicted octanol–water partition coefficient (Wildman–Crippen LogP) is 3.48. The summed E-state index contributed by atoms with van der Waals surface area (Å²) >= 11 is 0. The van der Waals surface area contributed by atoms with E-state index in [2.05, 4.69) is 73.7 Å². The van der Waals surface area contributed by atoms with Crippen molar-refractivity contribution >= 4 is 0 Å². The van der Waals surface area contributed by atoms with E-state index in [1.807, 2.05) is 0 Å². The van der Waals surface area contributed by atoms with Crippen LogP contribution in [-0.4, -0.2) is 31.6 Å². The number of hydrogen-bond donors (Lipinski definition) is 1. The van der Waals surface area contributed by atoms with Crippen LogP contribution in [0, 0.1) is 17.8 Å². The maximum absolute atomic E-state index is 3.81. The van der Waals surface area contributed by atoms with Gasteiger partial charge in [-0.25, -0.2) is 0 Å². The molecule has 0 spiro atoms. The van der Waals surface area contributed by atoms with Crippen molar-refractivity contribution in [3.05, 3.63) is 48.0 Å². The summed E-state index contributed by atoms with van der Waals surface area (Å²) in [6, 6.07) is 11.9. The fraction of sp³-hybridized carbons (Fsp3) is 0.579. The van der Waals surface area contributed by atoms with E-state index in [1.54, 1.807) is 0 Å². The van der Waals surface area contributed by atoms with Crippen LogP contribution in [0.4, 0.5) is 0 Å². The molecule has 2 aliphatic carbocycles. The van der Waals surface area contributed by atoms with Gasteiger partial charge in [-0.15, -0.1) is 0 Å². The lowest BCUT2D eigenvalue weighted by Crippen LogP contribution is -2.40. The minimum absolute atomic E-state index is 0.447. The minimum atomic E-state index is 0.447. The average molecular weight is 284 g/mol. The molecular formula is C19H28N2. The van der Waals surface area contributed by atoms with Crippen LogP contribution in [0.2, 0.25) is 0 Å². The molecule has 1 N–H and O–H groups in total. The van der Waals surface area contributed by atoms with Crippen LogP contribution >= 0.6 is 0 Å². The highest BCUT2D eigenvalue weighted by atomic mass is 15.1. The Labute approximate surface area is 129 Å². The van der Waals surface area contributed by atoms with Gasteiger partial charge in [0.05, 0.1) is 0 Å². The Morgan fingerprint density at radius 3 is 2.48 bits per heavy atom. The third kappa shape index (κ3) is 3.22. The zero-order chi connectivity index (χ0) is 14.8. The summed E-state index contributed by atoms with van der Waals surface area (Å²) in [6.45, 7) is 3.40. The van der Waals surface area contributed by atoms with Gasteiger partial charge in [0, 0.05) is 18.6 Å². The van der Waals surface area contributed by atoms with Crippen molar-refractivity contribution in [3.8, 4) is 0 Å². The monoisotopic (exact) mass is 284 g/mol. The number of rotatable bonds is 6. The van der Waals surface area contributed by atoms with E-state index < -0.39 is 0 Å². The van der Waals surface area contributed by atoms with Crippen LogP contribution in [0.25, 0.3) is 0 Å². The van der Waals surface area contributed by atoms with E-state index >= 15 is 0 Å². The normalized spacial score (nSPS) is 30.0. The van der Waals surface area contributed by atoms with Gasteiger partial charge in [0.2, 0.25) is 0 Å². The summed E-state index contributed by atoms with van der Waals surface area (Å²) in [4.78, 5) is 2.32. The highest BCUT2D eigenvalue weighted by Gasteiger charge is 2.38. The smallest absolute Gasteiger partial charge is 0.0466 e. The molecule has 0 heterocycles. The van der Waals surface area contributed by atoms with E-state index in [1.165, 1.54) is 18.4 Å². The molecule has 1 aromatic carbocycles. The molecule has 5 unspecified atom stereocenters. The molecule has 2 heteroatoms. The number of allylic oxidation sites excluding steroid dienone is 2. The molecule has 0 radical (unpaired) electrons. The molecule has 3 rings (SSSR count). The van der Waals surface area contributed by atoms with Gasteiger partial charge in [-0.2, -0.15) is 0 Å². The molecule has 5 atom stereocenters. The first-order chi connectivity index (χ1) is 10.1. The van der Waals surface area contributed by atoms with Crippen molar-refractivity contribution < 1.29 is 0 Å². The number of nitrogens with zero attached hydrogens (tertiary/aromatic N) is 1. The van der Waals surface area contributed by atoms with Crippen molar-refractivity contribution in [2.45, 2.75) is 31.8 Å². The Balaban J connectivity index is 1.58. The Kier molecular flexibility index (Phi) is 4.46. The van der Waals surface area contributed by atoms with Gasteiger partial charge in [-0.05, 0) is 57.2 Å². The number of benzene rings is 1. The molecule has 21 heavy (non-hydrogen) atoms. The van der Waals surface area contributed by atoms with Gasteiger partial charge in [0.25, 0.3) is 0 Å². The van der Waals surface area contributed by atoms with Crippen LogP contribution in [0.1, 0.15) is 31.4 Å². The second-order valence-electron chi connectivity index (χ2n) is 7.03. The standard InChI is InChI=1S/C19H28N2/c1-14(18-12-15-9-10-17(18)11-15)20-13-19(21(2)3)16-7-5-4-6-8-16/h4-10,14-15,17-20H,11-13H2,1-3H3. The molecule has 0 saturated heterocycles.